The molecule has 0 radical (unpaired) electrons. The molecule has 0 aromatic rings. The molecule has 3 aliphatic rings. The number of Topliss-reactive ketones (excluding diaryl/α,β-unsaturated/α-hetero) is 1. The van der Waals surface area contributed by atoms with Gasteiger partial charge in [0.25, 0.3) is 0 Å². The number of cyclic esters (lactones) is 1. The lowest BCUT2D eigenvalue weighted by Gasteiger charge is -2.47. The summed E-state index contributed by atoms with van der Waals surface area (Å²) in [6.45, 7) is 13.8. The number of halogens is 1. The molecule has 0 aromatic carbocycles. The lowest BCUT2D eigenvalue weighted by atomic mass is 9.74. The maximum atomic E-state index is 14.1. The third-order valence-corrected chi connectivity index (χ3v) is 9.79. The maximum Gasteiger partial charge on any atom is 0.319 e. The Balaban J connectivity index is 1.84. The maximum absolute atomic E-state index is 14.1. The van der Waals surface area contributed by atoms with Gasteiger partial charge < -0.3 is 39.2 Å². The van der Waals surface area contributed by atoms with Crippen LogP contribution in [0.15, 0.2) is 0 Å². The van der Waals surface area contributed by atoms with Gasteiger partial charge in [-0.05, 0) is 92.9 Å². The molecule has 250 valence electrons. The molecule has 43 heavy (non-hydrogen) atoms. The van der Waals surface area contributed by atoms with E-state index in [0.717, 1.165) is 25.9 Å². The number of ketones is 1. The number of nitrogens with one attached hydrogen (secondary N) is 1. The second kappa shape index (κ2) is 15.4. The molecule has 3 heterocycles. The number of esters is 1. The van der Waals surface area contributed by atoms with E-state index >= 15 is 0 Å². The number of hydrogen-bond donors (Lipinski definition) is 2. The van der Waals surface area contributed by atoms with Crippen LogP contribution in [-0.2, 0) is 28.5 Å². The molecular weight excluding hydrogens is 557 g/mol. The molecule has 3 fully saturated rings. The lowest BCUT2D eigenvalue weighted by Crippen LogP contribution is -2.59. The highest BCUT2D eigenvalue weighted by Gasteiger charge is 2.51. The minimum Gasteiger partial charge on any atom is -0.463 e. The Hall–Kier alpha value is -1.21. The van der Waals surface area contributed by atoms with Gasteiger partial charge in [-0.1, -0.05) is 13.8 Å². The fraction of sp³-hybridized carbons (Fsp3) is 0.938. The summed E-state index contributed by atoms with van der Waals surface area (Å²) in [6.07, 6.45) is -0.247. The van der Waals surface area contributed by atoms with Gasteiger partial charge in [0, 0.05) is 38.2 Å². The van der Waals surface area contributed by atoms with Crippen LogP contribution < -0.4 is 5.32 Å². The van der Waals surface area contributed by atoms with E-state index in [2.05, 4.69) is 17.1 Å². The van der Waals surface area contributed by atoms with E-state index in [9.17, 15) is 19.1 Å². The zero-order valence-electron chi connectivity index (χ0n) is 27.9. The molecule has 3 aliphatic heterocycles. The minimum absolute atomic E-state index is 0.102. The largest absolute Gasteiger partial charge is 0.463 e. The number of carbonyl (C=O) groups is 2. The van der Waals surface area contributed by atoms with Crippen LogP contribution in [0.4, 0.5) is 4.39 Å². The summed E-state index contributed by atoms with van der Waals surface area (Å²) in [5.41, 5.74) is -2.37. The molecule has 0 amide bonds. The predicted molar refractivity (Wildman–Crippen MR) is 162 cm³/mol. The van der Waals surface area contributed by atoms with Crippen LogP contribution >= 0.6 is 0 Å². The predicted octanol–water partition coefficient (Wildman–Crippen LogP) is 2.80. The van der Waals surface area contributed by atoms with Crippen molar-refractivity contribution in [2.45, 2.75) is 122 Å². The zero-order valence-corrected chi connectivity index (χ0v) is 27.9. The van der Waals surface area contributed by atoms with Crippen LogP contribution in [0.3, 0.4) is 0 Å². The molecule has 3 saturated heterocycles. The Labute approximate surface area is 258 Å². The summed E-state index contributed by atoms with van der Waals surface area (Å²) in [4.78, 5) is 31.6. The van der Waals surface area contributed by atoms with E-state index in [1.807, 2.05) is 32.8 Å². The highest BCUT2D eigenvalue weighted by atomic mass is 19.1. The molecule has 0 aliphatic carbocycles. The van der Waals surface area contributed by atoms with Crippen molar-refractivity contribution >= 4 is 11.8 Å². The van der Waals surface area contributed by atoms with Crippen LogP contribution in [0, 0.1) is 17.3 Å². The zero-order chi connectivity index (χ0) is 32.1. The number of rotatable bonds is 8. The summed E-state index contributed by atoms with van der Waals surface area (Å²) in [6, 6.07) is -0.283. The molecule has 0 spiro atoms. The number of alkyl halides is 1. The molecule has 2 N–H and O–H groups in total. The molecular formula is C32H58FN3O7. The number of likely N-dealkylation sites (tertiary alicyclic amines) is 1. The number of likely N-dealkylation sites (N-methyl/N-ethyl adjacent to an activating group) is 1. The van der Waals surface area contributed by atoms with Gasteiger partial charge in [0.1, 0.15) is 24.3 Å². The lowest BCUT2D eigenvalue weighted by molar-refractivity contribution is -0.295. The first-order chi connectivity index (χ1) is 20.1. The third kappa shape index (κ3) is 9.17. The Morgan fingerprint density at radius 2 is 1.88 bits per heavy atom. The van der Waals surface area contributed by atoms with Gasteiger partial charge in [-0.25, -0.2) is 4.39 Å². The first kappa shape index (κ1) is 36.3. The number of ether oxygens (including phenoxy) is 4. The van der Waals surface area contributed by atoms with Crippen LogP contribution in [0.1, 0.15) is 73.6 Å². The summed E-state index contributed by atoms with van der Waals surface area (Å²) in [5.74, 6) is -1.56. The first-order valence-corrected chi connectivity index (χ1v) is 16.1. The topological polar surface area (TPSA) is 110 Å². The van der Waals surface area contributed by atoms with Crippen molar-refractivity contribution in [2.24, 2.45) is 17.3 Å². The summed E-state index contributed by atoms with van der Waals surface area (Å²) < 4.78 is 38.2. The Morgan fingerprint density at radius 3 is 2.49 bits per heavy atom. The van der Waals surface area contributed by atoms with Crippen LogP contribution in [0.25, 0.3) is 0 Å². The van der Waals surface area contributed by atoms with E-state index in [-0.39, 0.29) is 36.5 Å². The van der Waals surface area contributed by atoms with E-state index in [4.69, 9.17) is 18.9 Å². The van der Waals surface area contributed by atoms with Crippen molar-refractivity contribution in [2.75, 3.05) is 54.0 Å². The fourth-order valence-corrected chi connectivity index (χ4v) is 7.00. The van der Waals surface area contributed by atoms with Crippen LogP contribution in [0.2, 0.25) is 0 Å². The Bertz CT molecular complexity index is 923. The monoisotopic (exact) mass is 615 g/mol. The smallest absolute Gasteiger partial charge is 0.319 e. The van der Waals surface area contributed by atoms with Crippen molar-refractivity contribution in [3.63, 3.8) is 0 Å². The molecule has 3 rings (SSSR count). The SMILES string of the molecule is CO[C@]1(C)C[C@@H](C)CN[C@@H](CCCN2CC[C@H](F)C2)COC(=O)C(C)(C)C(=O)[C@H](C)[C@H]1O[C@@H]1O[C@H](C)C[C@H](N(C)C)[C@H]1O. The molecule has 10 atom stereocenters. The van der Waals surface area contributed by atoms with Gasteiger partial charge in [-0.2, -0.15) is 0 Å². The standard InChI is InChI=1S/C32H58FN3O7/c1-20-16-32(6,40-9)28(43-29-26(37)25(35(7)8)15-21(2)42-29)22(3)27(38)31(4,5)30(39)41-19-24(34-17-20)11-10-13-36-14-12-23(33)18-36/h20-26,28-29,34,37H,10-19H2,1-9H3/t20-,21-,22+,23+,24+,25+,26-,28-,29+,32-/m1/s1. The van der Waals surface area contributed by atoms with Gasteiger partial charge in [0.2, 0.25) is 0 Å². The number of aliphatic hydroxyl groups is 1. The van der Waals surface area contributed by atoms with Gasteiger partial charge in [-0.3, -0.25) is 9.59 Å². The Kier molecular flexibility index (Phi) is 13.0. The number of hydrogen-bond acceptors (Lipinski definition) is 10. The van der Waals surface area contributed by atoms with Crippen molar-refractivity contribution in [1.82, 2.24) is 15.1 Å². The summed E-state index contributed by atoms with van der Waals surface area (Å²) >= 11 is 0. The first-order valence-electron chi connectivity index (χ1n) is 16.1. The number of aliphatic hydroxyl groups excluding tert-OH is 1. The fourth-order valence-electron chi connectivity index (χ4n) is 7.00. The van der Waals surface area contributed by atoms with Gasteiger partial charge in [0.05, 0.1) is 17.8 Å². The van der Waals surface area contributed by atoms with E-state index in [1.165, 1.54) is 0 Å². The minimum atomic E-state index is -1.43. The van der Waals surface area contributed by atoms with Crippen molar-refractivity contribution < 1.29 is 38.0 Å². The van der Waals surface area contributed by atoms with E-state index < -0.39 is 47.6 Å². The molecule has 10 nitrogen and oxygen atoms in total. The second-order valence-corrected chi connectivity index (χ2v) is 14.3. The van der Waals surface area contributed by atoms with Gasteiger partial charge >= 0.3 is 5.97 Å². The van der Waals surface area contributed by atoms with Crippen molar-refractivity contribution in [3.05, 3.63) is 0 Å². The van der Waals surface area contributed by atoms with Crippen molar-refractivity contribution in [3.8, 4) is 0 Å². The Morgan fingerprint density at radius 1 is 1.19 bits per heavy atom. The average molecular weight is 616 g/mol. The van der Waals surface area contributed by atoms with Gasteiger partial charge in [-0.15, -0.1) is 0 Å². The number of nitrogens with zero attached hydrogens (tertiary/aromatic N) is 2. The average Bonchev–Trinajstić information content (AvgIpc) is 3.37. The van der Waals surface area contributed by atoms with Crippen LogP contribution in [-0.4, -0.2) is 129 Å². The molecule has 0 aromatic heterocycles. The van der Waals surface area contributed by atoms with E-state index in [0.29, 0.717) is 32.4 Å². The van der Waals surface area contributed by atoms with Crippen LogP contribution in [0.5, 0.6) is 0 Å². The molecule has 0 unspecified atom stereocenters. The molecule has 0 bridgehead atoms. The normalized spacial score (nSPS) is 40.5. The van der Waals surface area contributed by atoms with Gasteiger partial charge in [0.15, 0.2) is 12.1 Å². The third-order valence-electron chi connectivity index (χ3n) is 9.79. The highest BCUT2D eigenvalue weighted by Crippen LogP contribution is 2.38. The van der Waals surface area contributed by atoms with Crippen molar-refractivity contribution in [1.29, 1.82) is 0 Å². The second-order valence-electron chi connectivity index (χ2n) is 14.3. The molecule has 0 saturated carbocycles. The highest BCUT2D eigenvalue weighted by molar-refractivity contribution is 6.04. The number of methoxy groups -OCH3 is 1. The summed E-state index contributed by atoms with van der Waals surface area (Å²) in [5, 5.41) is 14.8. The summed E-state index contributed by atoms with van der Waals surface area (Å²) in [7, 11) is 5.43. The number of carbonyl (C=O) groups excluding carboxylic acids is 2. The van der Waals surface area contributed by atoms with E-state index in [1.54, 1.807) is 27.9 Å². The molecule has 11 heteroatoms. The quantitative estimate of drug-likeness (QED) is 0.313.